The van der Waals surface area contributed by atoms with Crippen LogP contribution in [0.15, 0.2) is 376 Å². The van der Waals surface area contributed by atoms with Crippen LogP contribution in [-0.4, -0.2) is 6.71 Å². The molecule has 2 heterocycles. The summed E-state index contributed by atoms with van der Waals surface area (Å²) >= 11 is 0. The number of fused-ring (bicyclic) bond motifs is 10. The maximum atomic E-state index is 10.3. The van der Waals surface area contributed by atoms with Gasteiger partial charge in [-0.15, -0.1) is 0 Å². The van der Waals surface area contributed by atoms with E-state index in [0.717, 1.165) is 151 Å². The summed E-state index contributed by atoms with van der Waals surface area (Å²) in [6.45, 7) is 24.7. The second kappa shape index (κ2) is 29.9. The highest BCUT2D eigenvalue weighted by molar-refractivity contribution is 7.00. The third-order valence-electron chi connectivity index (χ3n) is 26.9. The van der Waals surface area contributed by atoms with Crippen LogP contribution >= 0.6 is 0 Å². The van der Waals surface area contributed by atoms with Crippen LogP contribution < -0.4 is 26.2 Å². The summed E-state index contributed by atoms with van der Waals surface area (Å²) in [6, 6.07) is 141. The molecule has 0 fully saturated rings. The van der Waals surface area contributed by atoms with E-state index in [-0.39, 0.29) is 39.1 Å². The van der Waals surface area contributed by atoms with Crippen LogP contribution in [0.5, 0.6) is 0 Å². The van der Waals surface area contributed by atoms with E-state index < -0.39 is 13.6 Å². The maximum absolute atomic E-state index is 10.3. The lowest BCUT2D eigenvalue weighted by Gasteiger charge is -2.46. The van der Waals surface area contributed by atoms with Gasteiger partial charge >= 0.3 is 0 Å². The normalized spacial score (nSPS) is 14.7. The van der Waals surface area contributed by atoms with E-state index in [1.54, 1.807) is 0 Å². The van der Waals surface area contributed by atoms with Gasteiger partial charge < -0.3 is 9.80 Å². The molecule has 0 N–H and O–H groups in total. The molecule has 0 saturated heterocycles. The fraction of sp³-hybridized carbons (Fsp3) is 0.157. The molecule has 2 atom stereocenters. The molecule has 124 heavy (non-hydrogen) atoms. The Morgan fingerprint density at radius 1 is 0.226 bits per heavy atom. The average Bonchev–Trinajstić information content (AvgIpc) is 0.846. The van der Waals surface area contributed by atoms with Crippen LogP contribution in [0.4, 0.5) is 34.1 Å². The van der Waals surface area contributed by atoms with E-state index in [1.165, 1.54) is 66.8 Å². The molecule has 4 aliphatic rings. The van der Waals surface area contributed by atoms with Gasteiger partial charge in [-0.2, -0.15) is 0 Å². The molecular formula is C121H103BN2. The minimum Gasteiger partial charge on any atom is -0.310 e. The van der Waals surface area contributed by atoms with Crippen molar-refractivity contribution in [2.75, 3.05) is 9.80 Å². The van der Waals surface area contributed by atoms with Gasteiger partial charge in [-0.25, -0.2) is 0 Å². The first kappa shape index (κ1) is 74.3. The van der Waals surface area contributed by atoms with Crippen LogP contribution in [0.1, 0.15) is 160 Å². The number of nitrogens with zero attached hydrogens (tertiary/aromatic N) is 2. The highest BCUT2D eigenvalue weighted by atomic mass is 15.2. The molecule has 0 radical (unpaired) electrons. The Labute approximate surface area is 738 Å². The zero-order chi connectivity index (χ0) is 87.3. The van der Waals surface area contributed by atoms with E-state index in [9.17, 15) is 4.11 Å². The molecule has 21 rings (SSSR count). The van der Waals surface area contributed by atoms with E-state index in [2.05, 4.69) is 469 Å². The van der Waals surface area contributed by atoms with Gasteiger partial charge in [-0.1, -0.05) is 386 Å². The topological polar surface area (TPSA) is 6.48 Å². The summed E-state index contributed by atoms with van der Waals surface area (Å²) in [6.07, 6.45) is 0. The molecular weight excluding hydrogens is 1490 g/mol. The fourth-order valence-corrected chi connectivity index (χ4v) is 20.4. The Morgan fingerprint density at radius 3 is 0.871 bits per heavy atom. The molecule has 17 aromatic carbocycles. The summed E-state index contributed by atoms with van der Waals surface area (Å²) in [4.78, 5) is 5.12. The summed E-state index contributed by atoms with van der Waals surface area (Å²) in [7, 11) is 0. The minimum absolute atomic E-state index is 0.0900. The lowest BCUT2D eigenvalue weighted by Crippen LogP contribution is -2.61. The average molecular weight is 1600 g/mol. The molecule has 0 aromatic heterocycles. The van der Waals surface area contributed by atoms with Crippen molar-refractivity contribution in [3.8, 4) is 111 Å². The maximum Gasteiger partial charge on any atom is 0.252 e. The number of anilines is 6. The van der Waals surface area contributed by atoms with Crippen molar-refractivity contribution in [1.29, 1.82) is 0 Å². The molecule has 0 saturated carbocycles. The number of hydrogen-bond donors (Lipinski definition) is 0. The van der Waals surface area contributed by atoms with Gasteiger partial charge in [0.15, 0.2) is 0 Å². The van der Waals surface area contributed by atoms with E-state index in [1.807, 2.05) is 0 Å². The van der Waals surface area contributed by atoms with E-state index >= 15 is 0 Å². The van der Waals surface area contributed by atoms with Crippen molar-refractivity contribution in [3.05, 3.63) is 437 Å². The molecule has 600 valence electrons. The van der Waals surface area contributed by atoms with Gasteiger partial charge in [0.05, 0.1) is 11.4 Å². The lowest BCUT2D eigenvalue weighted by molar-refractivity contribution is 0.590. The zero-order valence-electron chi connectivity index (χ0n) is 75.9. The molecule has 0 amide bonds. The summed E-state index contributed by atoms with van der Waals surface area (Å²) in [5.74, 6) is -0.300. The van der Waals surface area contributed by atoms with Crippen molar-refractivity contribution < 1.29 is 4.11 Å². The summed E-state index contributed by atoms with van der Waals surface area (Å²) in [5.41, 5.74) is 42.6. The molecule has 2 nitrogen and oxygen atoms in total. The summed E-state index contributed by atoms with van der Waals surface area (Å²) in [5, 5.41) is 0. The highest BCUT2D eigenvalue weighted by Gasteiger charge is 2.47. The van der Waals surface area contributed by atoms with Crippen LogP contribution in [0.25, 0.3) is 111 Å². The largest absolute Gasteiger partial charge is 0.310 e. The lowest BCUT2D eigenvalue weighted by atomic mass is 9.33. The molecule has 2 aliphatic carbocycles. The van der Waals surface area contributed by atoms with Gasteiger partial charge in [-0.3, -0.25) is 0 Å². The van der Waals surface area contributed by atoms with Crippen molar-refractivity contribution in [3.63, 3.8) is 0 Å². The van der Waals surface area contributed by atoms with E-state index in [0.29, 0.717) is 0 Å². The SMILES string of the molecule is [2H]C([2H])([2H])c1cc2c3c(c1)N(c1c(-c4ccccc4)cc(C(C)(C)C)cc1-c1cccc(-c4cccc(-c5ccccc5)c4)c1)c1cc(C4c5ccccc5-c5cc(C(C)(C)C)ccc54)ccc1B3c1ccc(C3c4ccccc4-c4cc(C(C)(C)C)ccc43)cc1N2c1c(-c2ccccc2)cc(C(C)(C)C)cc1-c1cccc(-c2cccc(-c3ccccc3)c2)c1. The fourth-order valence-electron chi connectivity index (χ4n) is 20.4. The molecule has 3 heteroatoms. The van der Waals surface area contributed by atoms with Gasteiger partial charge in [0.1, 0.15) is 0 Å². The second-order valence-corrected chi connectivity index (χ2v) is 38.9. The molecule has 17 aromatic rings. The Hall–Kier alpha value is -13.6. The van der Waals surface area contributed by atoms with Crippen molar-refractivity contribution in [2.24, 2.45) is 0 Å². The molecule has 0 bridgehead atoms. The molecule has 2 unspecified atom stereocenters. The molecule has 2 aliphatic heterocycles. The third kappa shape index (κ3) is 13.5. The second-order valence-electron chi connectivity index (χ2n) is 38.9. The first-order valence-corrected chi connectivity index (χ1v) is 44.2. The monoisotopic (exact) mass is 1600 g/mol. The van der Waals surface area contributed by atoms with E-state index in [4.69, 9.17) is 0 Å². The number of rotatable bonds is 12. The van der Waals surface area contributed by atoms with Gasteiger partial charge in [0.2, 0.25) is 0 Å². The van der Waals surface area contributed by atoms with Gasteiger partial charge in [-0.05, 0) is 268 Å². The summed E-state index contributed by atoms with van der Waals surface area (Å²) < 4.78 is 30.9. The first-order valence-electron chi connectivity index (χ1n) is 45.7. The third-order valence-corrected chi connectivity index (χ3v) is 26.9. The number of hydrogen-bond acceptors (Lipinski definition) is 2. The van der Waals surface area contributed by atoms with Crippen LogP contribution in [0, 0.1) is 6.85 Å². The Morgan fingerprint density at radius 2 is 0.516 bits per heavy atom. The zero-order valence-corrected chi connectivity index (χ0v) is 72.9. The highest BCUT2D eigenvalue weighted by Crippen LogP contribution is 2.59. The molecule has 0 spiro atoms. The standard InChI is InChI=1S/C121H103BN2/c1-76-62-111-115-112(63-76)124(117-102(80-40-24-17-25-41-80)73-94(121(11,12)13)75-104(117)88-49-33-47-86(67-88)84-45-31-43-82(65-84)78-36-20-15-21-37-78)110-69-90(114-98-53-29-27-51-96(98)106-71-92(119(5,6)7)57-59-100(106)114)55-61-108(110)122(115)107-60-54-89(113-97-52-28-26-50-95(97)105-70-91(118(2,3)4)56-58-99(105)113)68-109(107)123(111)116-101(79-38-22-16-23-39-79)72-93(120(8,9)10)74-103(116)87-48-32-46-85(66-87)83-44-30-42-81(64-83)77-34-18-14-19-35-77/h14-75,113-114H,1-13H3/i1D3. The van der Waals surface area contributed by atoms with Gasteiger partial charge in [0, 0.05) is 61.0 Å². The Bertz CT molecular complexity index is 6810. The number of benzene rings is 17. The van der Waals surface area contributed by atoms with Crippen molar-refractivity contribution >= 4 is 57.2 Å². The Balaban J connectivity index is 0.908. The minimum atomic E-state index is -2.64. The smallest absolute Gasteiger partial charge is 0.252 e. The predicted octanol–water partition coefficient (Wildman–Crippen LogP) is 30.9. The van der Waals surface area contributed by atoms with Crippen LogP contribution in [-0.2, 0) is 21.7 Å². The van der Waals surface area contributed by atoms with Crippen LogP contribution in [0.2, 0.25) is 0 Å². The quantitative estimate of drug-likeness (QED) is 0.113. The van der Waals surface area contributed by atoms with Gasteiger partial charge in [0.25, 0.3) is 6.71 Å². The van der Waals surface area contributed by atoms with Crippen molar-refractivity contribution in [2.45, 2.75) is 123 Å². The predicted molar refractivity (Wildman–Crippen MR) is 529 cm³/mol. The van der Waals surface area contributed by atoms with Crippen LogP contribution in [0.3, 0.4) is 0 Å². The first-order chi connectivity index (χ1) is 61.1. The number of aryl methyl sites for hydroxylation is 1. The Kier molecular flexibility index (Phi) is 17.9. The van der Waals surface area contributed by atoms with Crippen molar-refractivity contribution in [1.82, 2.24) is 0 Å².